The molecule has 0 aliphatic carbocycles. The smallest absolute Gasteiger partial charge is 0.140 e. The minimum absolute atomic E-state index is 0.643. The van der Waals surface area contributed by atoms with Gasteiger partial charge in [-0.2, -0.15) is 5.10 Å². The summed E-state index contributed by atoms with van der Waals surface area (Å²) in [4.78, 5) is 8.25. The number of anilines is 2. The van der Waals surface area contributed by atoms with Gasteiger partial charge in [-0.25, -0.2) is 9.97 Å². The van der Waals surface area contributed by atoms with Crippen LogP contribution in [-0.4, -0.2) is 26.7 Å². The molecule has 2 aromatic heterocycles. The standard InChI is InChI=1S/C10H13BrN6/c11-8-4-7(12)5-14-10(8)13-3-1-2-9-15-6-16-17-9/h4-6H,1-3,12H2,(H,13,14)(H,15,16,17). The number of nitrogen functional groups attached to an aromatic ring is 1. The number of hydrogen-bond donors (Lipinski definition) is 3. The molecule has 0 unspecified atom stereocenters. The highest BCUT2D eigenvalue weighted by Crippen LogP contribution is 2.21. The molecule has 0 radical (unpaired) electrons. The first kappa shape index (κ1) is 11.8. The topological polar surface area (TPSA) is 92.5 Å². The molecule has 0 amide bonds. The van der Waals surface area contributed by atoms with E-state index in [1.165, 1.54) is 6.33 Å². The van der Waals surface area contributed by atoms with Gasteiger partial charge in [0.05, 0.1) is 16.4 Å². The van der Waals surface area contributed by atoms with Gasteiger partial charge in [0.25, 0.3) is 0 Å². The lowest BCUT2D eigenvalue weighted by molar-refractivity contribution is 0.803. The van der Waals surface area contributed by atoms with Gasteiger partial charge < -0.3 is 11.1 Å². The average molecular weight is 297 g/mol. The fraction of sp³-hybridized carbons (Fsp3) is 0.300. The number of aromatic amines is 1. The second-order valence-electron chi connectivity index (χ2n) is 3.56. The van der Waals surface area contributed by atoms with E-state index in [0.29, 0.717) is 5.69 Å². The largest absolute Gasteiger partial charge is 0.397 e. The van der Waals surface area contributed by atoms with Crippen LogP contribution in [0.4, 0.5) is 11.5 Å². The Morgan fingerprint density at radius 3 is 3.00 bits per heavy atom. The Bertz CT molecular complexity index is 470. The summed E-state index contributed by atoms with van der Waals surface area (Å²) in [6.07, 6.45) is 4.96. The van der Waals surface area contributed by atoms with Gasteiger partial charge in [-0.05, 0) is 28.4 Å². The van der Waals surface area contributed by atoms with E-state index in [2.05, 4.69) is 41.4 Å². The monoisotopic (exact) mass is 296 g/mol. The molecule has 0 aromatic carbocycles. The van der Waals surface area contributed by atoms with Crippen molar-refractivity contribution in [3.8, 4) is 0 Å². The van der Waals surface area contributed by atoms with Crippen LogP contribution in [0.3, 0.4) is 0 Å². The van der Waals surface area contributed by atoms with E-state index in [9.17, 15) is 0 Å². The third-order valence-electron chi connectivity index (χ3n) is 2.21. The first-order valence-electron chi connectivity index (χ1n) is 5.25. The zero-order valence-corrected chi connectivity index (χ0v) is 10.7. The van der Waals surface area contributed by atoms with E-state index in [1.54, 1.807) is 6.20 Å². The molecule has 6 nitrogen and oxygen atoms in total. The van der Waals surface area contributed by atoms with Gasteiger partial charge in [0, 0.05) is 13.0 Å². The van der Waals surface area contributed by atoms with Crippen LogP contribution in [0, 0.1) is 0 Å². The Kier molecular flexibility index (Phi) is 3.92. The number of nitrogens with zero attached hydrogens (tertiary/aromatic N) is 3. The number of H-pyrrole nitrogens is 1. The van der Waals surface area contributed by atoms with Crippen molar-refractivity contribution in [1.82, 2.24) is 20.2 Å². The third kappa shape index (κ3) is 3.42. The molecule has 2 heterocycles. The van der Waals surface area contributed by atoms with Crippen LogP contribution in [0.5, 0.6) is 0 Å². The van der Waals surface area contributed by atoms with Crippen molar-refractivity contribution in [2.75, 3.05) is 17.6 Å². The lowest BCUT2D eigenvalue weighted by Crippen LogP contribution is -2.06. The predicted molar refractivity (Wildman–Crippen MR) is 69.5 cm³/mol. The SMILES string of the molecule is Nc1cnc(NCCCc2ncn[nH]2)c(Br)c1. The molecule has 2 rings (SSSR count). The van der Waals surface area contributed by atoms with Crippen LogP contribution in [0.1, 0.15) is 12.2 Å². The molecule has 90 valence electrons. The van der Waals surface area contributed by atoms with Crippen LogP contribution in [0.25, 0.3) is 0 Å². The van der Waals surface area contributed by atoms with Crippen molar-refractivity contribution >= 4 is 27.4 Å². The third-order valence-corrected chi connectivity index (χ3v) is 2.81. The van der Waals surface area contributed by atoms with Gasteiger partial charge in [-0.3, -0.25) is 5.10 Å². The minimum atomic E-state index is 0.643. The van der Waals surface area contributed by atoms with Gasteiger partial charge >= 0.3 is 0 Å². The Morgan fingerprint density at radius 1 is 1.41 bits per heavy atom. The van der Waals surface area contributed by atoms with E-state index >= 15 is 0 Å². The summed E-state index contributed by atoms with van der Waals surface area (Å²) >= 11 is 3.40. The van der Waals surface area contributed by atoms with E-state index in [4.69, 9.17) is 5.73 Å². The molecule has 2 aromatic rings. The van der Waals surface area contributed by atoms with E-state index in [0.717, 1.165) is 35.5 Å². The molecule has 0 fully saturated rings. The summed E-state index contributed by atoms with van der Waals surface area (Å²) in [6.45, 7) is 0.816. The molecule has 17 heavy (non-hydrogen) atoms. The number of pyridine rings is 1. The molecular weight excluding hydrogens is 284 g/mol. The van der Waals surface area contributed by atoms with Crippen LogP contribution in [0.2, 0.25) is 0 Å². The fourth-order valence-corrected chi connectivity index (χ4v) is 1.90. The Hall–Kier alpha value is -1.63. The maximum Gasteiger partial charge on any atom is 0.140 e. The van der Waals surface area contributed by atoms with Gasteiger partial charge in [0.2, 0.25) is 0 Å². The maximum absolute atomic E-state index is 5.61. The van der Waals surface area contributed by atoms with Crippen molar-refractivity contribution in [3.63, 3.8) is 0 Å². The van der Waals surface area contributed by atoms with Gasteiger partial charge in [0.15, 0.2) is 0 Å². The number of aromatic nitrogens is 4. The number of nitrogens with two attached hydrogens (primary N) is 1. The summed E-state index contributed by atoms with van der Waals surface area (Å²) in [5.74, 6) is 1.70. The second-order valence-corrected chi connectivity index (χ2v) is 4.42. The lowest BCUT2D eigenvalue weighted by atomic mass is 10.3. The summed E-state index contributed by atoms with van der Waals surface area (Å²) in [5.41, 5.74) is 6.25. The number of rotatable bonds is 5. The number of halogens is 1. The Labute approximate surface area is 107 Å². The summed E-state index contributed by atoms with van der Waals surface area (Å²) < 4.78 is 0.872. The highest BCUT2D eigenvalue weighted by Gasteiger charge is 2.01. The molecule has 0 bridgehead atoms. The minimum Gasteiger partial charge on any atom is -0.397 e. The molecule has 0 spiro atoms. The molecule has 0 aliphatic rings. The quantitative estimate of drug-likeness (QED) is 0.729. The molecule has 0 atom stereocenters. The van der Waals surface area contributed by atoms with E-state index < -0.39 is 0 Å². The first-order valence-corrected chi connectivity index (χ1v) is 6.04. The first-order chi connectivity index (χ1) is 8.25. The molecular formula is C10H13BrN6. The van der Waals surface area contributed by atoms with Crippen LogP contribution in [-0.2, 0) is 6.42 Å². The van der Waals surface area contributed by atoms with Crippen LogP contribution < -0.4 is 11.1 Å². The van der Waals surface area contributed by atoms with Gasteiger partial charge in [-0.15, -0.1) is 0 Å². The number of aryl methyl sites for hydroxylation is 1. The zero-order valence-electron chi connectivity index (χ0n) is 9.15. The molecule has 7 heteroatoms. The van der Waals surface area contributed by atoms with E-state index in [1.807, 2.05) is 6.07 Å². The number of nitrogens with one attached hydrogen (secondary N) is 2. The molecule has 4 N–H and O–H groups in total. The van der Waals surface area contributed by atoms with Crippen molar-refractivity contribution in [3.05, 3.63) is 28.9 Å². The van der Waals surface area contributed by atoms with E-state index in [-0.39, 0.29) is 0 Å². The number of hydrogen-bond acceptors (Lipinski definition) is 5. The zero-order chi connectivity index (χ0) is 12.1. The molecule has 0 saturated heterocycles. The van der Waals surface area contributed by atoms with Crippen molar-refractivity contribution in [2.45, 2.75) is 12.8 Å². The summed E-state index contributed by atoms with van der Waals surface area (Å²) in [7, 11) is 0. The van der Waals surface area contributed by atoms with Crippen molar-refractivity contribution in [1.29, 1.82) is 0 Å². The van der Waals surface area contributed by atoms with Gasteiger partial charge in [-0.1, -0.05) is 0 Å². The maximum atomic E-state index is 5.61. The van der Waals surface area contributed by atoms with Crippen LogP contribution in [0.15, 0.2) is 23.1 Å². The highest BCUT2D eigenvalue weighted by molar-refractivity contribution is 9.10. The predicted octanol–water partition coefficient (Wildman–Crippen LogP) is 1.59. The summed E-state index contributed by atoms with van der Waals surface area (Å²) in [6, 6.07) is 1.83. The Morgan fingerprint density at radius 2 is 2.29 bits per heavy atom. The van der Waals surface area contributed by atoms with Crippen molar-refractivity contribution < 1.29 is 0 Å². The molecule has 0 saturated carbocycles. The fourth-order valence-electron chi connectivity index (χ4n) is 1.40. The highest BCUT2D eigenvalue weighted by atomic mass is 79.9. The second kappa shape index (κ2) is 5.62. The Balaban J connectivity index is 1.78. The lowest BCUT2D eigenvalue weighted by Gasteiger charge is -2.07. The molecule has 0 aliphatic heterocycles. The van der Waals surface area contributed by atoms with Gasteiger partial charge in [0.1, 0.15) is 18.0 Å². The average Bonchev–Trinajstić information content (AvgIpc) is 2.79. The normalized spacial score (nSPS) is 10.4. The van der Waals surface area contributed by atoms with Crippen molar-refractivity contribution in [2.24, 2.45) is 0 Å². The summed E-state index contributed by atoms with van der Waals surface area (Å²) in [5, 5.41) is 9.84. The van der Waals surface area contributed by atoms with Crippen LogP contribution >= 0.6 is 15.9 Å².